The second kappa shape index (κ2) is 6.37. The van der Waals surface area contributed by atoms with Gasteiger partial charge in [-0.05, 0) is 55.7 Å². The Labute approximate surface area is 131 Å². The summed E-state index contributed by atoms with van der Waals surface area (Å²) in [6, 6.07) is 6.32. The third-order valence-corrected chi connectivity index (χ3v) is 5.14. The molecule has 1 amide bonds. The summed E-state index contributed by atoms with van der Waals surface area (Å²) in [5.74, 6) is -0.166. The molecule has 1 saturated heterocycles. The Bertz CT molecular complexity index is 530. The molecule has 1 spiro atoms. The van der Waals surface area contributed by atoms with Crippen molar-refractivity contribution in [3.8, 4) is 0 Å². The maximum absolute atomic E-state index is 13.2. The number of hydrogen-bond acceptors (Lipinski definition) is 2. The Morgan fingerprint density at radius 3 is 2.73 bits per heavy atom. The van der Waals surface area contributed by atoms with E-state index in [1.807, 2.05) is 17.9 Å². The highest BCUT2D eigenvalue weighted by molar-refractivity contribution is 5.78. The first kappa shape index (κ1) is 15.5. The fourth-order valence-electron chi connectivity index (χ4n) is 3.83. The van der Waals surface area contributed by atoms with Gasteiger partial charge in [0.1, 0.15) is 5.82 Å². The summed E-state index contributed by atoms with van der Waals surface area (Å²) in [5.41, 5.74) is 1.17. The summed E-state index contributed by atoms with van der Waals surface area (Å²) in [6.07, 6.45) is 5.17. The van der Waals surface area contributed by atoms with Gasteiger partial charge in [-0.15, -0.1) is 0 Å². The zero-order valence-corrected chi connectivity index (χ0v) is 13.2. The maximum Gasteiger partial charge on any atom is 0.226 e. The van der Waals surface area contributed by atoms with E-state index in [0.717, 1.165) is 50.9 Å². The molecular formula is C18H24FNO2. The predicted octanol–water partition coefficient (Wildman–Crippen LogP) is 3.18. The van der Waals surface area contributed by atoms with E-state index < -0.39 is 0 Å². The normalized spacial score (nSPS) is 20.9. The summed E-state index contributed by atoms with van der Waals surface area (Å²) in [5, 5.41) is 0. The van der Waals surface area contributed by atoms with Gasteiger partial charge >= 0.3 is 0 Å². The number of likely N-dealkylation sites (tertiary alicyclic amines) is 1. The van der Waals surface area contributed by atoms with Crippen molar-refractivity contribution in [1.82, 2.24) is 4.90 Å². The van der Waals surface area contributed by atoms with Crippen LogP contribution in [-0.4, -0.2) is 36.6 Å². The van der Waals surface area contributed by atoms with Gasteiger partial charge < -0.3 is 9.64 Å². The molecule has 120 valence electrons. The van der Waals surface area contributed by atoms with Crippen molar-refractivity contribution in [3.63, 3.8) is 0 Å². The van der Waals surface area contributed by atoms with E-state index in [0.29, 0.717) is 17.9 Å². The SMILES string of the molecule is CCOC1CC2(CCN(C(=O)Cc3cccc(F)c3)CC2)C1. The van der Waals surface area contributed by atoms with Gasteiger partial charge in [0.05, 0.1) is 12.5 Å². The fraction of sp³-hybridized carbons (Fsp3) is 0.611. The average Bonchev–Trinajstić information content (AvgIpc) is 2.46. The van der Waals surface area contributed by atoms with Crippen molar-refractivity contribution in [2.75, 3.05) is 19.7 Å². The molecule has 1 aromatic rings. The smallest absolute Gasteiger partial charge is 0.226 e. The van der Waals surface area contributed by atoms with Gasteiger partial charge in [0.2, 0.25) is 5.91 Å². The Hall–Kier alpha value is -1.42. The molecule has 3 nitrogen and oxygen atoms in total. The fourth-order valence-corrected chi connectivity index (χ4v) is 3.83. The number of benzene rings is 1. The molecule has 22 heavy (non-hydrogen) atoms. The molecule has 0 N–H and O–H groups in total. The lowest BCUT2D eigenvalue weighted by Crippen LogP contribution is -2.51. The predicted molar refractivity (Wildman–Crippen MR) is 83.0 cm³/mol. The summed E-state index contributed by atoms with van der Waals surface area (Å²) in [6.45, 7) is 4.48. The molecule has 1 aromatic carbocycles. The molecule has 0 bridgehead atoms. The summed E-state index contributed by atoms with van der Waals surface area (Å²) < 4.78 is 18.8. The first-order valence-electron chi connectivity index (χ1n) is 8.24. The zero-order chi connectivity index (χ0) is 15.6. The van der Waals surface area contributed by atoms with Crippen LogP contribution in [0.25, 0.3) is 0 Å². The largest absolute Gasteiger partial charge is 0.378 e. The maximum atomic E-state index is 13.2. The lowest BCUT2D eigenvalue weighted by Gasteiger charge is -2.51. The van der Waals surface area contributed by atoms with E-state index in [1.165, 1.54) is 12.1 Å². The van der Waals surface area contributed by atoms with Crippen LogP contribution in [0.2, 0.25) is 0 Å². The van der Waals surface area contributed by atoms with Crippen molar-refractivity contribution < 1.29 is 13.9 Å². The van der Waals surface area contributed by atoms with Crippen LogP contribution in [0, 0.1) is 11.2 Å². The van der Waals surface area contributed by atoms with Crippen LogP contribution >= 0.6 is 0 Å². The van der Waals surface area contributed by atoms with Crippen molar-refractivity contribution in [2.24, 2.45) is 5.41 Å². The number of piperidine rings is 1. The molecular weight excluding hydrogens is 281 g/mol. The van der Waals surface area contributed by atoms with Gasteiger partial charge in [-0.3, -0.25) is 4.79 Å². The van der Waals surface area contributed by atoms with E-state index in [-0.39, 0.29) is 11.7 Å². The number of nitrogens with zero attached hydrogens (tertiary/aromatic N) is 1. The monoisotopic (exact) mass is 305 g/mol. The number of halogens is 1. The number of amides is 1. The topological polar surface area (TPSA) is 29.5 Å². The molecule has 1 saturated carbocycles. The third-order valence-electron chi connectivity index (χ3n) is 5.14. The summed E-state index contributed by atoms with van der Waals surface area (Å²) in [4.78, 5) is 14.3. The van der Waals surface area contributed by atoms with Gasteiger partial charge in [0.15, 0.2) is 0 Å². The van der Waals surface area contributed by atoms with Crippen molar-refractivity contribution in [3.05, 3.63) is 35.6 Å². The molecule has 3 rings (SSSR count). The Morgan fingerprint density at radius 2 is 2.09 bits per heavy atom. The molecule has 1 heterocycles. The zero-order valence-electron chi connectivity index (χ0n) is 13.2. The van der Waals surface area contributed by atoms with Gasteiger partial charge in [-0.25, -0.2) is 4.39 Å². The quantitative estimate of drug-likeness (QED) is 0.855. The molecule has 1 aliphatic heterocycles. The van der Waals surface area contributed by atoms with E-state index in [1.54, 1.807) is 6.07 Å². The Kier molecular flexibility index (Phi) is 4.48. The van der Waals surface area contributed by atoms with Gasteiger partial charge in [0, 0.05) is 19.7 Å². The lowest BCUT2D eigenvalue weighted by molar-refractivity contribution is -0.138. The van der Waals surface area contributed by atoms with Crippen LogP contribution in [0.3, 0.4) is 0 Å². The molecule has 1 aliphatic carbocycles. The molecule has 0 unspecified atom stereocenters. The van der Waals surface area contributed by atoms with Crippen LogP contribution in [0.4, 0.5) is 4.39 Å². The first-order valence-corrected chi connectivity index (χ1v) is 8.24. The molecule has 4 heteroatoms. The second-order valence-corrected chi connectivity index (χ2v) is 6.67. The molecule has 2 aliphatic rings. The third kappa shape index (κ3) is 3.32. The number of rotatable bonds is 4. The molecule has 0 atom stereocenters. The van der Waals surface area contributed by atoms with E-state index >= 15 is 0 Å². The highest BCUT2D eigenvalue weighted by atomic mass is 19.1. The van der Waals surface area contributed by atoms with Crippen molar-refractivity contribution in [1.29, 1.82) is 0 Å². The lowest BCUT2D eigenvalue weighted by atomic mass is 9.61. The first-order chi connectivity index (χ1) is 10.6. The Morgan fingerprint density at radius 1 is 1.36 bits per heavy atom. The standard InChI is InChI=1S/C18H24FNO2/c1-2-22-16-12-18(13-16)6-8-20(9-7-18)17(21)11-14-4-3-5-15(19)10-14/h3-5,10,16H,2,6-9,11-13H2,1H3. The van der Waals surface area contributed by atoms with Crippen molar-refractivity contribution in [2.45, 2.75) is 45.1 Å². The van der Waals surface area contributed by atoms with Crippen molar-refractivity contribution >= 4 is 5.91 Å². The number of carbonyl (C=O) groups is 1. The van der Waals surface area contributed by atoms with Crippen LogP contribution in [-0.2, 0) is 16.0 Å². The van der Waals surface area contributed by atoms with Crippen LogP contribution < -0.4 is 0 Å². The van der Waals surface area contributed by atoms with E-state index in [2.05, 4.69) is 0 Å². The number of ether oxygens (including phenoxy) is 1. The minimum absolute atomic E-state index is 0.112. The van der Waals surface area contributed by atoms with E-state index in [9.17, 15) is 9.18 Å². The average molecular weight is 305 g/mol. The highest BCUT2D eigenvalue weighted by Crippen LogP contribution is 2.50. The minimum Gasteiger partial charge on any atom is -0.378 e. The van der Waals surface area contributed by atoms with Crippen LogP contribution in [0.5, 0.6) is 0 Å². The Balaban J connectivity index is 1.48. The van der Waals surface area contributed by atoms with Gasteiger partial charge in [-0.2, -0.15) is 0 Å². The van der Waals surface area contributed by atoms with Gasteiger partial charge in [-0.1, -0.05) is 12.1 Å². The number of hydrogen-bond donors (Lipinski definition) is 0. The second-order valence-electron chi connectivity index (χ2n) is 6.67. The van der Waals surface area contributed by atoms with Crippen LogP contribution in [0.1, 0.15) is 38.2 Å². The summed E-state index contributed by atoms with van der Waals surface area (Å²) in [7, 11) is 0. The summed E-state index contributed by atoms with van der Waals surface area (Å²) >= 11 is 0. The molecule has 0 aromatic heterocycles. The van der Waals surface area contributed by atoms with Crippen LogP contribution in [0.15, 0.2) is 24.3 Å². The minimum atomic E-state index is -0.278. The highest BCUT2D eigenvalue weighted by Gasteiger charge is 2.46. The number of carbonyl (C=O) groups excluding carboxylic acids is 1. The molecule has 2 fully saturated rings. The van der Waals surface area contributed by atoms with E-state index in [4.69, 9.17) is 4.74 Å². The van der Waals surface area contributed by atoms with Gasteiger partial charge in [0.25, 0.3) is 0 Å². The molecule has 0 radical (unpaired) electrons.